The van der Waals surface area contributed by atoms with E-state index in [1.54, 1.807) is 0 Å². The number of nitrogens with zero attached hydrogens (tertiary/aromatic N) is 1. The molecule has 2 heterocycles. The van der Waals surface area contributed by atoms with Crippen LogP contribution < -0.4 is 5.43 Å². The highest BCUT2D eigenvalue weighted by molar-refractivity contribution is 6.09. The van der Waals surface area contributed by atoms with Gasteiger partial charge in [0.2, 0.25) is 5.91 Å². The Bertz CT molecular complexity index is 914. The summed E-state index contributed by atoms with van der Waals surface area (Å²) in [7, 11) is 0. The maximum Gasteiger partial charge on any atom is 0.272 e. The third kappa shape index (κ3) is 2.01. The van der Waals surface area contributed by atoms with Crippen molar-refractivity contribution in [3.05, 3.63) is 71.4 Å². The van der Waals surface area contributed by atoms with E-state index in [1.807, 2.05) is 54.6 Å². The molecule has 2 aromatic carbocycles. The first-order valence-corrected chi connectivity index (χ1v) is 7.43. The topological polar surface area (TPSA) is 65.2 Å². The second-order valence-electron chi connectivity index (χ2n) is 5.60. The molecule has 1 aromatic heterocycles. The Morgan fingerprint density at radius 2 is 1.74 bits per heavy atom. The van der Waals surface area contributed by atoms with Gasteiger partial charge in [-0.15, -0.1) is 0 Å². The molecule has 114 valence electrons. The molecule has 0 aliphatic carbocycles. The summed E-state index contributed by atoms with van der Waals surface area (Å²) in [6, 6.07) is 17.0. The van der Waals surface area contributed by atoms with Gasteiger partial charge in [-0.3, -0.25) is 15.0 Å². The van der Waals surface area contributed by atoms with E-state index in [1.165, 1.54) is 11.9 Å². The number of aromatic nitrogens is 1. The number of hydrogen-bond donors (Lipinski definition) is 2. The van der Waals surface area contributed by atoms with Gasteiger partial charge in [0.05, 0.1) is 11.3 Å². The summed E-state index contributed by atoms with van der Waals surface area (Å²) in [5, 5.41) is 2.25. The van der Waals surface area contributed by atoms with Crippen LogP contribution in [0.4, 0.5) is 0 Å². The molecule has 0 saturated heterocycles. The molecule has 4 rings (SSSR count). The van der Waals surface area contributed by atoms with Gasteiger partial charge in [0.1, 0.15) is 6.04 Å². The lowest BCUT2D eigenvalue weighted by molar-refractivity contribution is -0.133. The zero-order valence-electron chi connectivity index (χ0n) is 12.5. The Labute approximate surface area is 132 Å². The third-order valence-electron chi connectivity index (χ3n) is 4.17. The summed E-state index contributed by atoms with van der Waals surface area (Å²) in [6.07, 6.45) is 0. The molecule has 23 heavy (non-hydrogen) atoms. The van der Waals surface area contributed by atoms with Gasteiger partial charge in [-0.1, -0.05) is 48.5 Å². The summed E-state index contributed by atoms with van der Waals surface area (Å²) in [6.45, 7) is 1.45. The lowest BCUT2D eigenvalue weighted by Gasteiger charge is -2.35. The van der Waals surface area contributed by atoms with Gasteiger partial charge in [-0.2, -0.15) is 0 Å². The van der Waals surface area contributed by atoms with Crippen molar-refractivity contribution >= 4 is 22.7 Å². The van der Waals surface area contributed by atoms with Crippen LogP contribution in [0.15, 0.2) is 54.6 Å². The number of H-pyrrole nitrogens is 1. The van der Waals surface area contributed by atoms with E-state index in [9.17, 15) is 9.59 Å². The average molecular weight is 305 g/mol. The van der Waals surface area contributed by atoms with Crippen LogP contribution in [0.1, 0.15) is 34.6 Å². The predicted octanol–water partition coefficient (Wildman–Crippen LogP) is 2.76. The van der Waals surface area contributed by atoms with Crippen molar-refractivity contribution in [2.24, 2.45) is 0 Å². The van der Waals surface area contributed by atoms with Crippen LogP contribution >= 0.6 is 0 Å². The number of carbonyl (C=O) groups excluding carboxylic acids is 2. The third-order valence-corrected chi connectivity index (χ3v) is 4.17. The van der Waals surface area contributed by atoms with Gasteiger partial charge < -0.3 is 4.98 Å². The molecule has 3 aromatic rings. The lowest BCUT2D eigenvalue weighted by atomic mass is 9.96. The highest BCUT2D eigenvalue weighted by Gasteiger charge is 2.37. The van der Waals surface area contributed by atoms with E-state index in [-0.39, 0.29) is 17.9 Å². The number of aromatic amines is 1. The Morgan fingerprint density at radius 3 is 2.48 bits per heavy atom. The van der Waals surface area contributed by atoms with Crippen molar-refractivity contribution in [1.29, 1.82) is 0 Å². The number of fused-ring (bicyclic) bond motifs is 3. The molecular weight excluding hydrogens is 290 g/mol. The van der Waals surface area contributed by atoms with Gasteiger partial charge in [-0.05, 0) is 11.6 Å². The molecule has 1 unspecified atom stereocenters. The van der Waals surface area contributed by atoms with Crippen molar-refractivity contribution in [3.63, 3.8) is 0 Å². The molecule has 2 amide bonds. The largest absolute Gasteiger partial charge is 0.356 e. The van der Waals surface area contributed by atoms with Crippen LogP contribution in [0.5, 0.6) is 0 Å². The zero-order chi connectivity index (χ0) is 16.0. The summed E-state index contributed by atoms with van der Waals surface area (Å²) in [5.41, 5.74) is 5.90. The van der Waals surface area contributed by atoms with E-state index in [0.29, 0.717) is 5.56 Å². The molecule has 0 fully saturated rings. The molecule has 0 saturated carbocycles. The van der Waals surface area contributed by atoms with Crippen molar-refractivity contribution in [1.82, 2.24) is 15.4 Å². The second-order valence-corrected chi connectivity index (χ2v) is 5.60. The Balaban J connectivity index is 2.00. The predicted molar refractivity (Wildman–Crippen MR) is 86.6 cm³/mol. The van der Waals surface area contributed by atoms with E-state index in [0.717, 1.165) is 22.2 Å². The smallest absolute Gasteiger partial charge is 0.272 e. The summed E-state index contributed by atoms with van der Waals surface area (Å²) in [5.74, 6) is -0.476. The van der Waals surface area contributed by atoms with Crippen LogP contribution in [0, 0.1) is 0 Å². The first kappa shape index (κ1) is 13.6. The van der Waals surface area contributed by atoms with Gasteiger partial charge in [0, 0.05) is 17.8 Å². The molecule has 0 radical (unpaired) electrons. The number of para-hydroxylation sites is 1. The number of hydrogen-bond acceptors (Lipinski definition) is 2. The van der Waals surface area contributed by atoms with E-state index in [2.05, 4.69) is 10.4 Å². The second kappa shape index (κ2) is 4.98. The van der Waals surface area contributed by atoms with Crippen LogP contribution in [-0.4, -0.2) is 21.8 Å². The van der Waals surface area contributed by atoms with E-state index in [4.69, 9.17) is 0 Å². The van der Waals surface area contributed by atoms with Gasteiger partial charge in [-0.25, -0.2) is 5.01 Å². The number of carbonyl (C=O) groups is 2. The lowest BCUT2D eigenvalue weighted by Crippen LogP contribution is -2.51. The number of hydrazine groups is 1. The standard InChI is InChI=1S/C18H15N3O2/c1-11(22)21-17(12-7-3-2-4-8-12)16-15(18(23)20-21)13-9-5-6-10-14(13)19-16/h2-10,17,19H,1H3,(H,20,23). The van der Waals surface area contributed by atoms with E-state index >= 15 is 0 Å². The van der Waals surface area contributed by atoms with Gasteiger partial charge in [0.25, 0.3) is 5.91 Å². The average Bonchev–Trinajstić information content (AvgIpc) is 2.95. The maximum atomic E-state index is 12.5. The first-order chi connectivity index (χ1) is 11.2. The molecule has 5 heteroatoms. The van der Waals surface area contributed by atoms with Gasteiger partial charge in [0.15, 0.2) is 0 Å². The Morgan fingerprint density at radius 1 is 1.04 bits per heavy atom. The first-order valence-electron chi connectivity index (χ1n) is 7.43. The van der Waals surface area contributed by atoms with Crippen molar-refractivity contribution < 1.29 is 9.59 Å². The summed E-state index contributed by atoms with van der Waals surface area (Å²) in [4.78, 5) is 27.9. The fraction of sp³-hybridized carbons (Fsp3) is 0.111. The minimum absolute atomic E-state index is 0.212. The van der Waals surface area contributed by atoms with Crippen LogP contribution in [-0.2, 0) is 4.79 Å². The molecular formula is C18H15N3O2. The van der Waals surface area contributed by atoms with Crippen molar-refractivity contribution in [2.45, 2.75) is 13.0 Å². The highest BCUT2D eigenvalue weighted by Crippen LogP contribution is 2.36. The zero-order valence-corrected chi connectivity index (χ0v) is 12.5. The normalized spacial score (nSPS) is 17.0. The van der Waals surface area contributed by atoms with Gasteiger partial charge >= 0.3 is 0 Å². The Hall–Kier alpha value is -3.08. The number of benzene rings is 2. The molecule has 0 bridgehead atoms. The number of rotatable bonds is 1. The maximum absolute atomic E-state index is 12.5. The minimum Gasteiger partial charge on any atom is -0.356 e. The van der Waals surface area contributed by atoms with E-state index < -0.39 is 0 Å². The fourth-order valence-electron chi connectivity index (χ4n) is 3.18. The highest BCUT2D eigenvalue weighted by atomic mass is 16.2. The SMILES string of the molecule is CC(=O)N1NC(=O)c2c([nH]c3ccccc23)C1c1ccccc1. The quantitative estimate of drug-likeness (QED) is 0.726. The molecule has 1 atom stereocenters. The van der Waals surface area contributed by atoms with Crippen LogP contribution in [0.25, 0.3) is 10.9 Å². The summed E-state index contributed by atoms with van der Waals surface area (Å²) >= 11 is 0. The Kier molecular flexibility index (Phi) is 2.94. The molecule has 2 N–H and O–H groups in total. The van der Waals surface area contributed by atoms with Crippen LogP contribution in [0.2, 0.25) is 0 Å². The number of amides is 2. The van der Waals surface area contributed by atoms with Crippen molar-refractivity contribution in [3.8, 4) is 0 Å². The number of nitrogens with one attached hydrogen (secondary N) is 2. The summed E-state index contributed by atoms with van der Waals surface area (Å²) < 4.78 is 0. The molecule has 1 aliphatic heterocycles. The molecule has 5 nitrogen and oxygen atoms in total. The molecule has 0 spiro atoms. The van der Waals surface area contributed by atoms with Crippen molar-refractivity contribution in [2.75, 3.05) is 0 Å². The minimum atomic E-state index is -0.367. The fourth-order valence-corrected chi connectivity index (χ4v) is 3.18. The molecule has 1 aliphatic rings. The monoisotopic (exact) mass is 305 g/mol. The van der Waals surface area contributed by atoms with Crippen LogP contribution in [0.3, 0.4) is 0 Å².